The topological polar surface area (TPSA) is 64.3 Å². The van der Waals surface area contributed by atoms with Crippen LogP contribution in [-0.4, -0.2) is 32.2 Å². The molecule has 0 fully saturated rings. The number of carbonyl (C=O) groups excluding carboxylic acids is 1. The van der Waals surface area contributed by atoms with Crippen molar-refractivity contribution in [1.82, 2.24) is 5.32 Å². The third kappa shape index (κ3) is 13.5. The summed E-state index contributed by atoms with van der Waals surface area (Å²) < 4.78 is 5.22. The first-order valence-electron chi connectivity index (χ1n) is 7.35. The summed E-state index contributed by atoms with van der Waals surface area (Å²) in [5.41, 5.74) is 5.30. The van der Waals surface area contributed by atoms with Crippen molar-refractivity contribution in [3.63, 3.8) is 0 Å². The molecule has 18 heavy (non-hydrogen) atoms. The van der Waals surface area contributed by atoms with Gasteiger partial charge in [-0.3, -0.25) is 4.79 Å². The fourth-order valence-electron chi connectivity index (χ4n) is 1.74. The van der Waals surface area contributed by atoms with E-state index in [1.807, 2.05) is 0 Å². The summed E-state index contributed by atoms with van der Waals surface area (Å²) in [6.07, 6.45) is 8.86. The lowest BCUT2D eigenvalue weighted by molar-refractivity contribution is -0.121. The van der Waals surface area contributed by atoms with Crippen molar-refractivity contribution in [3.05, 3.63) is 0 Å². The summed E-state index contributed by atoms with van der Waals surface area (Å²) in [7, 11) is 0. The molecule has 0 aromatic carbocycles. The van der Waals surface area contributed by atoms with Gasteiger partial charge in [0.2, 0.25) is 5.91 Å². The maximum atomic E-state index is 11.4. The molecule has 4 heteroatoms. The Labute approximate surface area is 112 Å². The van der Waals surface area contributed by atoms with Crippen LogP contribution in [0.15, 0.2) is 0 Å². The molecule has 0 atom stereocenters. The van der Waals surface area contributed by atoms with Gasteiger partial charge in [-0.25, -0.2) is 0 Å². The highest BCUT2D eigenvalue weighted by atomic mass is 16.5. The Balaban J connectivity index is 3.12. The molecule has 0 radical (unpaired) electrons. The minimum Gasteiger partial charge on any atom is -0.380 e. The molecule has 0 aromatic heterocycles. The van der Waals surface area contributed by atoms with E-state index in [1.165, 1.54) is 32.1 Å². The molecule has 0 unspecified atom stereocenters. The third-order valence-electron chi connectivity index (χ3n) is 2.81. The lowest BCUT2D eigenvalue weighted by Gasteiger charge is -2.05. The molecule has 4 nitrogen and oxygen atoms in total. The van der Waals surface area contributed by atoms with Crippen LogP contribution >= 0.6 is 0 Å². The van der Waals surface area contributed by atoms with Crippen molar-refractivity contribution in [2.75, 3.05) is 26.3 Å². The van der Waals surface area contributed by atoms with Crippen molar-refractivity contribution in [3.8, 4) is 0 Å². The number of carbonyl (C=O) groups is 1. The fourth-order valence-corrected chi connectivity index (χ4v) is 1.74. The standard InChI is InChI=1S/C14H30N2O2/c1-2-3-4-5-6-7-9-14(17)16-11-8-12-18-13-10-15/h2-13,15H2,1H3,(H,16,17). The molecule has 0 heterocycles. The van der Waals surface area contributed by atoms with Gasteiger partial charge in [0.05, 0.1) is 6.61 Å². The van der Waals surface area contributed by atoms with Crippen LogP contribution in [0.5, 0.6) is 0 Å². The maximum Gasteiger partial charge on any atom is 0.219 e. The van der Waals surface area contributed by atoms with Crippen LogP contribution in [0.4, 0.5) is 0 Å². The van der Waals surface area contributed by atoms with Crippen LogP contribution in [0.3, 0.4) is 0 Å². The second kappa shape index (κ2) is 14.5. The smallest absolute Gasteiger partial charge is 0.219 e. The van der Waals surface area contributed by atoms with Crippen LogP contribution in [0.25, 0.3) is 0 Å². The summed E-state index contributed by atoms with van der Waals surface area (Å²) in [5.74, 6) is 0.171. The van der Waals surface area contributed by atoms with Crippen molar-refractivity contribution in [1.29, 1.82) is 0 Å². The molecule has 0 bridgehead atoms. The number of hydrogen-bond donors (Lipinski definition) is 2. The van der Waals surface area contributed by atoms with E-state index in [9.17, 15) is 4.79 Å². The number of amides is 1. The van der Waals surface area contributed by atoms with Gasteiger partial charge in [0, 0.05) is 26.1 Å². The van der Waals surface area contributed by atoms with Gasteiger partial charge in [-0.05, 0) is 12.8 Å². The first-order chi connectivity index (χ1) is 8.81. The molecule has 0 aliphatic rings. The lowest BCUT2D eigenvalue weighted by Crippen LogP contribution is -2.25. The zero-order valence-electron chi connectivity index (χ0n) is 11.9. The molecule has 1 amide bonds. The van der Waals surface area contributed by atoms with Gasteiger partial charge < -0.3 is 15.8 Å². The van der Waals surface area contributed by atoms with Crippen LogP contribution in [-0.2, 0) is 9.53 Å². The molecule has 0 saturated heterocycles. The first-order valence-corrected chi connectivity index (χ1v) is 7.35. The van der Waals surface area contributed by atoms with Crippen molar-refractivity contribution in [2.45, 2.75) is 58.3 Å². The fraction of sp³-hybridized carbons (Fsp3) is 0.929. The molecular weight excluding hydrogens is 228 g/mol. The summed E-state index contributed by atoms with van der Waals surface area (Å²) in [6.45, 7) is 4.76. The number of ether oxygens (including phenoxy) is 1. The number of hydrogen-bond acceptors (Lipinski definition) is 3. The molecule has 0 spiro atoms. The lowest BCUT2D eigenvalue weighted by atomic mass is 10.1. The highest BCUT2D eigenvalue weighted by Crippen LogP contribution is 2.06. The average Bonchev–Trinajstić information content (AvgIpc) is 2.38. The predicted molar refractivity (Wildman–Crippen MR) is 75.5 cm³/mol. The number of rotatable bonds is 13. The number of unbranched alkanes of at least 4 members (excludes halogenated alkanes) is 5. The maximum absolute atomic E-state index is 11.4. The summed E-state index contributed by atoms with van der Waals surface area (Å²) in [5, 5.41) is 2.91. The minimum absolute atomic E-state index is 0.171. The van der Waals surface area contributed by atoms with Gasteiger partial charge in [0.1, 0.15) is 0 Å². The largest absolute Gasteiger partial charge is 0.380 e. The molecule has 0 aromatic rings. The van der Waals surface area contributed by atoms with Gasteiger partial charge in [0.25, 0.3) is 0 Å². The Bertz CT molecular complexity index is 169. The minimum atomic E-state index is 0.171. The van der Waals surface area contributed by atoms with E-state index in [2.05, 4.69) is 12.2 Å². The average molecular weight is 258 g/mol. The van der Waals surface area contributed by atoms with Gasteiger partial charge in [-0.1, -0.05) is 39.0 Å². The number of nitrogens with two attached hydrogens (primary N) is 1. The van der Waals surface area contributed by atoms with Crippen molar-refractivity contribution < 1.29 is 9.53 Å². The monoisotopic (exact) mass is 258 g/mol. The second-order valence-electron chi connectivity index (χ2n) is 4.62. The Kier molecular flexibility index (Phi) is 14.0. The number of nitrogens with one attached hydrogen (secondary N) is 1. The summed E-state index contributed by atoms with van der Waals surface area (Å²) in [6, 6.07) is 0. The van der Waals surface area contributed by atoms with Gasteiger partial charge >= 0.3 is 0 Å². The van der Waals surface area contributed by atoms with E-state index in [1.54, 1.807) is 0 Å². The van der Waals surface area contributed by atoms with E-state index in [0.29, 0.717) is 32.7 Å². The Morgan fingerprint density at radius 1 is 1.06 bits per heavy atom. The molecule has 3 N–H and O–H groups in total. The van der Waals surface area contributed by atoms with E-state index in [4.69, 9.17) is 10.5 Å². The van der Waals surface area contributed by atoms with Crippen LogP contribution in [0.1, 0.15) is 58.3 Å². The van der Waals surface area contributed by atoms with Crippen molar-refractivity contribution >= 4 is 5.91 Å². The zero-order valence-corrected chi connectivity index (χ0v) is 11.9. The SMILES string of the molecule is CCCCCCCCC(=O)NCCCOCCN. The predicted octanol–water partition coefficient (Wildman–Crippen LogP) is 2.22. The Morgan fingerprint density at radius 2 is 1.78 bits per heavy atom. The first kappa shape index (κ1) is 17.4. The molecule has 0 aliphatic heterocycles. The van der Waals surface area contributed by atoms with E-state index >= 15 is 0 Å². The van der Waals surface area contributed by atoms with Gasteiger partial charge in [-0.15, -0.1) is 0 Å². The molecular formula is C14H30N2O2. The summed E-state index contributed by atoms with van der Waals surface area (Å²) >= 11 is 0. The van der Waals surface area contributed by atoms with Crippen LogP contribution in [0, 0.1) is 0 Å². The zero-order chi connectivity index (χ0) is 13.5. The quantitative estimate of drug-likeness (QED) is 0.498. The summed E-state index contributed by atoms with van der Waals surface area (Å²) in [4.78, 5) is 11.4. The van der Waals surface area contributed by atoms with Gasteiger partial charge in [0.15, 0.2) is 0 Å². The second-order valence-corrected chi connectivity index (χ2v) is 4.62. The van der Waals surface area contributed by atoms with E-state index < -0.39 is 0 Å². The van der Waals surface area contributed by atoms with Crippen molar-refractivity contribution in [2.24, 2.45) is 5.73 Å². The molecule has 108 valence electrons. The van der Waals surface area contributed by atoms with E-state index in [-0.39, 0.29) is 5.91 Å². The highest BCUT2D eigenvalue weighted by molar-refractivity contribution is 5.75. The molecule has 0 rings (SSSR count). The molecule has 0 aliphatic carbocycles. The Hall–Kier alpha value is -0.610. The molecule has 0 saturated carbocycles. The third-order valence-corrected chi connectivity index (χ3v) is 2.81. The highest BCUT2D eigenvalue weighted by Gasteiger charge is 2.00. The normalized spacial score (nSPS) is 10.6. The van der Waals surface area contributed by atoms with E-state index in [0.717, 1.165) is 12.8 Å². The Morgan fingerprint density at radius 3 is 2.50 bits per heavy atom. The van der Waals surface area contributed by atoms with Crippen LogP contribution in [0.2, 0.25) is 0 Å². The van der Waals surface area contributed by atoms with Crippen LogP contribution < -0.4 is 11.1 Å². The van der Waals surface area contributed by atoms with Gasteiger partial charge in [-0.2, -0.15) is 0 Å².